The fourth-order valence-corrected chi connectivity index (χ4v) is 4.44. The lowest BCUT2D eigenvalue weighted by Gasteiger charge is -2.22. The van der Waals surface area contributed by atoms with E-state index < -0.39 is 15.8 Å². The smallest absolute Gasteiger partial charge is 0.240 e. The molecule has 1 heterocycles. The minimum absolute atomic E-state index is 0.0727. The van der Waals surface area contributed by atoms with E-state index in [9.17, 15) is 12.8 Å². The molecule has 0 aliphatic carbocycles. The first-order valence-corrected chi connectivity index (χ1v) is 9.25. The Bertz CT molecular complexity index is 659. The molecule has 0 saturated carbocycles. The van der Waals surface area contributed by atoms with Crippen molar-refractivity contribution in [3.05, 3.63) is 29.6 Å². The number of sulfonamides is 1. The Kier molecular flexibility index (Phi) is 5.65. The zero-order valence-corrected chi connectivity index (χ0v) is 13.1. The number of halogens is 1. The topological polar surface area (TPSA) is 72.2 Å². The lowest BCUT2D eigenvalue weighted by Crippen LogP contribution is -2.37. The van der Waals surface area contributed by atoms with Crippen LogP contribution in [0.15, 0.2) is 23.1 Å². The molecule has 21 heavy (non-hydrogen) atoms. The number of rotatable bonds is 3. The first kappa shape index (κ1) is 16.3. The van der Waals surface area contributed by atoms with Crippen LogP contribution in [0.3, 0.4) is 0 Å². The molecular formula is C14H17FN2O2S2. The van der Waals surface area contributed by atoms with Crippen molar-refractivity contribution in [2.45, 2.75) is 23.8 Å². The van der Waals surface area contributed by atoms with Crippen molar-refractivity contribution < 1.29 is 12.8 Å². The molecule has 0 atom stereocenters. The lowest BCUT2D eigenvalue weighted by molar-refractivity contribution is 0.527. The maximum atomic E-state index is 13.8. The minimum Gasteiger partial charge on any atom is -0.320 e. The van der Waals surface area contributed by atoms with E-state index in [2.05, 4.69) is 16.6 Å². The summed E-state index contributed by atoms with van der Waals surface area (Å²) >= 11 is 1.81. The number of benzene rings is 1. The van der Waals surface area contributed by atoms with Crippen LogP contribution < -0.4 is 10.5 Å². The standard InChI is InChI=1S/C14H17FN2O2S2/c15-14-10-13(4-3-11(14)2-1-7-16)21(18,19)17-12-5-8-20-9-6-12/h3-4,10,12,17H,5-9,16H2. The van der Waals surface area contributed by atoms with E-state index in [1.165, 1.54) is 12.1 Å². The van der Waals surface area contributed by atoms with Gasteiger partial charge in [-0.25, -0.2) is 17.5 Å². The second-order valence-corrected chi connectivity index (χ2v) is 7.59. The highest BCUT2D eigenvalue weighted by Crippen LogP contribution is 2.20. The summed E-state index contributed by atoms with van der Waals surface area (Å²) in [5.41, 5.74) is 5.37. The fourth-order valence-electron chi connectivity index (χ4n) is 2.01. The largest absolute Gasteiger partial charge is 0.320 e. The van der Waals surface area contributed by atoms with Gasteiger partial charge in [0.15, 0.2) is 0 Å². The van der Waals surface area contributed by atoms with E-state index in [1.54, 1.807) is 0 Å². The van der Waals surface area contributed by atoms with Crippen LogP contribution in [0.5, 0.6) is 0 Å². The van der Waals surface area contributed by atoms with Gasteiger partial charge in [0.25, 0.3) is 0 Å². The molecule has 0 unspecified atom stereocenters. The van der Waals surface area contributed by atoms with Gasteiger partial charge in [-0.1, -0.05) is 11.8 Å². The van der Waals surface area contributed by atoms with Gasteiger partial charge in [0, 0.05) is 6.04 Å². The van der Waals surface area contributed by atoms with Gasteiger partial charge in [-0.15, -0.1) is 0 Å². The fraction of sp³-hybridized carbons (Fsp3) is 0.429. The monoisotopic (exact) mass is 328 g/mol. The van der Waals surface area contributed by atoms with E-state index in [-0.39, 0.29) is 23.0 Å². The molecule has 1 aliphatic heterocycles. The average molecular weight is 328 g/mol. The van der Waals surface area contributed by atoms with E-state index in [4.69, 9.17) is 5.73 Å². The van der Waals surface area contributed by atoms with Gasteiger partial charge >= 0.3 is 0 Å². The van der Waals surface area contributed by atoms with Gasteiger partial charge < -0.3 is 5.73 Å². The van der Waals surface area contributed by atoms with Crippen LogP contribution in [-0.2, 0) is 10.0 Å². The van der Waals surface area contributed by atoms with Crippen molar-refractivity contribution in [1.29, 1.82) is 0 Å². The molecule has 1 aliphatic rings. The Hall–Kier alpha value is -1.07. The van der Waals surface area contributed by atoms with E-state index in [0.717, 1.165) is 30.4 Å². The van der Waals surface area contributed by atoms with Crippen LogP contribution >= 0.6 is 11.8 Å². The van der Waals surface area contributed by atoms with E-state index >= 15 is 0 Å². The number of hydrogen-bond donors (Lipinski definition) is 2. The summed E-state index contributed by atoms with van der Waals surface area (Å²) < 4.78 is 41.0. The third-order valence-electron chi connectivity index (χ3n) is 3.12. The van der Waals surface area contributed by atoms with Gasteiger partial charge in [0.1, 0.15) is 5.82 Å². The zero-order valence-electron chi connectivity index (χ0n) is 11.4. The summed E-state index contributed by atoms with van der Waals surface area (Å²) in [6.45, 7) is 0.126. The molecule has 0 radical (unpaired) electrons. The Morgan fingerprint density at radius 1 is 1.38 bits per heavy atom. The summed E-state index contributed by atoms with van der Waals surface area (Å²) in [5.74, 6) is 6.33. The molecule has 2 rings (SSSR count). The van der Waals surface area contributed by atoms with Gasteiger partial charge in [0.05, 0.1) is 17.0 Å². The summed E-state index contributed by atoms with van der Waals surface area (Å²) in [5, 5.41) is 0. The van der Waals surface area contributed by atoms with Gasteiger partial charge in [0.2, 0.25) is 10.0 Å². The van der Waals surface area contributed by atoms with Crippen molar-refractivity contribution in [2.24, 2.45) is 5.73 Å². The number of hydrogen-bond acceptors (Lipinski definition) is 4. The van der Waals surface area contributed by atoms with Crippen molar-refractivity contribution in [3.8, 4) is 11.8 Å². The van der Waals surface area contributed by atoms with Crippen molar-refractivity contribution in [1.82, 2.24) is 4.72 Å². The minimum atomic E-state index is -3.69. The highest BCUT2D eigenvalue weighted by Gasteiger charge is 2.22. The molecule has 3 N–H and O–H groups in total. The molecule has 1 aromatic carbocycles. The molecule has 0 spiro atoms. The van der Waals surface area contributed by atoms with Gasteiger partial charge in [-0.05, 0) is 42.5 Å². The zero-order chi connectivity index (χ0) is 15.3. The quantitative estimate of drug-likeness (QED) is 0.821. The highest BCUT2D eigenvalue weighted by molar-refractivity contribution is 7.99. The van der Waals surface area contributed by atoms with Crippen molar-refractivity contribution >= 4 is 21.8 Å². The number of nitrogens with one attached hydrogen (secondary N) is 1. The number of thioether (sulfide) groups is 1. The summed E-state index contributed by atoms with van der Waals surface area (Å²) in [6, 6.07) is 3.66. The molecule has 1 aromatic rings. The van der Waals surface area contributed by atoms with E-state index in [0.29, 0.717) is 0 Å². The first-order valence-electron chi connectivity index (χ1n) is 6.61. The summed E-state index contributed by atoms with van der Waals surface area (Å²) in [7, 11) is -3.69. The van der Waals surface area contributed by atoms with E-state index in [1.807, 2.05) is 11.8 Å². The van der Waals surface area contributed by atoms with Crippen LogP contribution in [0.25, 0.3) is 0 Å². The maximum Gasteiger partial charge on any atom is 0.240 e. The molecule has 0 amide bonds. The lowest BCUT2D eigenvalue weighted by atomic mass is 10.2. The Balaban J connectivity index is 2.18. The predicted octanol–water partition coefficient (Wildman–Crippen LogP) is 1.31. The molecule has 114 valence electrons. The average Bonchev–Trinajstić information content (AvgIpc) is 2.46. The van der Waals surface area contributed by atoms with Crippen LogP contribution in [0.4, 0.5) is 4.39 Å². The Morgan fingerprint density at radius 3 is 2.71 bits per heavy atom. The van der Waals surface area contributed by atoms with Crippen LogP contribution in [0.1, 0.15) is 18.4 Å². The molecule has 1 saturated heterocycles. The first-order chi connectivity index (χ1) is 10.0. The Labute approximate surface area is 128 Å². The maximum absolute atomic E-state index is 13.8. The van der Waals surface area contributed by atoms with Gasteiger partial charge in [-0.2, -0.15) is 11.8 Å². The molecule has 4 nitrogen and oxygen atoms in total. The van der Waals surface area contributed by atoms with Crippen LogP contribution in [-0.4, -0.2) is 32.5 Å². The highest BCUT2D eigenvalue weighted by atomic mass is 32.2. The third-order valence-corrected chi connectivity index (χ3v) is 5.69. The normalized spacial score (nSPS) is 16.3. The summed E-state index contributed by atoms with van der Waals surface area (Å²) in [4.78, 5) is -0.0727. The number of nitrogens with two attached hydrogens (primary N) is 1. The van der Waals surface area contributed by atoms with Gasteiger partial charge in [-0.3, -0.25) is 0 Å². The molecule has 7 heteroatoms. The molecule has 1 fully saturated rings. The van der Waals surface area contributed by atoms with Crippen LogP contribution in [0.2, 0.25) is 0 Å². The SMILES string of the molecule is NCC#Cc1ccc(S(=O)(=O)NC2CCSCC2)cc1F. The Morgan fingerprint density at radius 2 is 2.10 bits per heavy atom. The second-order valence-electron chi connectivity index (χ2n) is 4.66. The third kappa shape index (κ3) is 4.45. The molecule has 0 aromatic heterocycles. The van der Waals surface area contributed by atoms with Crippen LogP contribution in [0, 0.1) is 17.7 Å². The molecule has 0 bridgehead atoms. The van der Waals surface area contributed by atoms with Crippen molar-refractivity contribution in [3.63, 3.8) is 0 Å². The summed E-state index contributed by atoms with van der Waals surface area (Å²) in [6.07, 6.45) is 1.60. The van der Waals surface area contributed by atoms with Crippen molar-refractivity contribution in [2.75, 3.05) is 18.1 Å². The predicted molar refractivity (Wildman–Crippen MR) is 83.0 cm³/mol. The molecular weight excluding hydrogens is 311 g/mol. The second kappa shape index (κ2) is 7.27.